The zero-order valence-electron chi connectivity index (χ0n) is 13.2. The molecule has 3 N–H and O–H groups in total. The molecule has 0 spiro atoms. The van der Waals surface area contributed by atoms with Crippen LogP contribution in [0, 0.1) is 10.5 Å². The summed E-state index contributed by atoms with van der Waals surface area (Å²) >= 11 is 2.16. The van der Waals surface area contributed by atoms with Gasteiger partial charge in [-0.1, -0.05) is 12.1 Å². The Morgan fingerprint density at radius 1 is 1.13 bits per heavy atom. The Hall–Kier alpha value is -1.90. The number of anilines is 2. The van der Waals surface area contributed by atoms with Crippen molar-refractivity contribution in [2.24, 2.45) is 0 Å². The summed E-state index contributed by atoms with van der Waals surface area (Å²) in [5.41, 5.74) is 0.695. The number of amides is 1. The quantitative estimate of drug-likeness (QED) is 0.470. The maximum atomic E-state index is 12.1. The molecule has 0 radical (unpaired) electrons. The third-order valence-corrected chi connectivity index (χ3v) is 3.97. The summed E-state index contributed by atoms with van der Waals surface area (Å²) in [6.07, 6.45) is 0. The summed E-state index contributed by atoms with van der Waals surface area (Å²) in [6.45, 7) is 5.79. The third-order valence-electron chi connectivity index (χ3n) is 3.03. The van der Waals surface area contributed by atoms with Crippen molar-refractivity contribution in [2.75, 3.05) is 30.3 Å². The van der Waals surface area contributed by atoms with Gasteiger partial charge in [-0.05, 0) is 48.6 Å². The molecule has 0 saturated carbocycles. The van der Waals surface area contributed by atoms with E-state index in [4.69, 9.17) is 0 Å². The highest BCUT2D eigenvalue weighted by atomic mass is 127. The van der Waals surface area contributed by atoms with Gasteiger partial charge in [0.05, 0.1) is 5.56 Å². The summed E-state index contributed by atoms with van der Waals surface area (Å²) in [5.74, 6) is 2.18. The Balaban J connectivity index is 1.84. The fraction of sp³-hybridized carbons (Fsp3) is 0.312. The molecule has 0 aliphatic rings. The zero-order valence-corrected chi connectivity index (χ0v) is 15.3. The number of nitrogens with one attached hydrogen (secondary N) is 3. The van der Waals surface area contributed by atoms with Crippen LogP contribution in [0.4, 0.5) is 11.6 Å². The van der Waals surface area contributed by atoms with Crippen LogP contribution in [0.2, 0.25) is 0 Å². The first-order valence-electron chi connectivity index (χ1n) is 7.46. The number of hydrogen-bond donors (Lipinski definition) is 3. The number of aryl methyl sites for hydroxylation is 1. The lowest BCUT2D eigenvalue weighted by molar-refractivity contribution is 0.0954. The van der Waals surface area contributed by atoms with E-state index >= 15 is 0 Å². The standard InChI is InChI=1S/C16H20IN5O/c1-3-18-14-10-15(22-11(2)21-14)19-8-9-20-16(23)12-6-4-5-7-13(12)17/h4-7,10H,3,8-9H2,1-2H3,(H,20,23)(H2,18,19,21,22). The van der Waals surface area contributed by atoms with E-state index in [1.807, 2.05) is 44.2 Å². The van der Waals surface area contributed by atoms with Gasteiger partial charge in [-0.25, -0.2) is 9.97 Å². The Kier molecular flexibility index (Phi) is 6.57. The van der Waals surface area contributed by atoms with Crippen LogP contribution in [0.25, 0.3) is 0 Å². The first kappa shape index (κ1) is 17.5. The van der Waals surface area contributed by atoms with Gasteiger partial charge < -0.3 is 16.0 Å². The van der Waals surface area contributed by atoms with Crippen molar-refractivity contribution in [1.29, 1.82) is 0 Å². The first-order valence-corrected chi connectivity index (χ1v) is 8.54. The molecule has 0 unspecified atom stereocenters. The van der Waals surface area contributed by atoms with Crippen LogP contribution in [0.15, 0.2) is 30.3 Å². The van der Waals surface area contributed by atoms with Crippen molar-refractivity contribution in [3.05, 3.63) is 45.3 Å². The van der Waals surface area contributed by atoms with Gasteiger partial charge in [-0.3, -0.25) is 4.79 Å². The lowest BCUT2D eigenvalue weighted by Crippen LogP contribution is -2.29. The largest absolute Gasteiger partial charge is 0.370 e. The second-order valence-corrected chi connectivity index (χ2v) is 6.04. The number of hydrogen-bond acceptors (Lipinski definition) is 5. The topological polar surface area (TPSA) is 78.9 Å². The van der Waals surface area contributed by atoms with Gasteiger partial charge in [0.2, 0.25) is 0 Å². The molecule has 0 bridgehead atoms. The lowest BCUT2D eigenvalue weighted by atomic mass is 10.2. The molecule has 1 heterocycles. The molecule has 0 fully saturated rings. The Bertz CT molecular complexity index is 677. The number of benzene rings is 1. The Morgan fingerprint density at radius 3 is 2.52 bits per heavy atom. The SMILES string of the molecule is CCNc1cc(NCCNC(=O)c2ccccc2I)nc(C)n1. The Morgan fingerprint density at radius 2 is 1.83 bits per heavy atom. The smallest absolute Gasteiger partial charge is 0.252 e. The zero-order chi connectivity index (χ0) is 16.7. The van der Waals surface area contributed by atoms with E-state index in [1.165, 1.54) is 0 Å². The van der Waals surface area contributed by atoms with Crippen LogP contribution >= 0.6 is 22.6 Å². The summed E-state index contributed by atoms with van der Waals surface area (Å²) in [6, 6.07) is 9.37. The highest BCUT2D eigenvalue weighted by Gasteiger charge is 2.08. The predicted octanol–water partition coefficient (Wildman–Crippen LogP) is 2.66. The maximum Gasteiger partial charge on any atom is 0.252 e. The molecule has 23 heavy (non-hydrogen) atoms. The maximum absolute atomic E-state index is 12.1. The van der Waals surface area contributed by atoms with Gasteiger partial charge >= 0.3 is 0 Å². The highest BCUT2D eigenvalue weighted by Crippen LogP contribution is 2.11. The van der Waals surface area contributed by atoms with E-state index in [-0.39, 0.29) is 5.91 Å². The molecule has 2 aromatic rings. The number of nitrogens with zero attached hydrogens (tertiary/aromatic N) is 2. The van der Waals surface area contributed by atoms with E-state index in [2.05, 4.69) is 48.5 Å². The monoisotopic (exact) mass is 425 g/mol. The molecule has 0 aliphatic carbocycles. The first-order chi connectivity index (χ1) is 11.1. The van der Waals surface area contributed by atoms with Crippen molar-refractivity contribution in [2.45, 2.75) is 13.8 Å². The number of rotatable bonds is 7. The summed E-state index contributed by atoms with van der Waals surface area (Å²) in [7, 11) is 0. The summed E-state index contributed by atoms with van der Waals surface area (Å²) in [5, 5.41) is 9.26. The molecule has 1 aromatic heterocycles. The fourth-order valence-electron chi connectivity index (χ4n) is 2.04. The fourth-order valence-corrected chi connectivity index (χ4v) is 2.67. The minimum atomic E-state index is -0.0657. The number of carbonyl (C=O) groups excluding carboxylic acids is 1. The summed E-state index contributed by atoms with van der Waals surface area (Å²) < 4.78 is 0.942. The van der Waals surface area contributed by atoms with E-state index in [0.29, 0.717) is 24.5 Å². The minimum Gasteiger partial charge on any atom is -0.370 e. The highest BCUT2D eigenvalue weighted by molar-refractivity contribution is 14.1. The normalized spacial score (nSPS) is 10.2. The van der Waals surface area contributed by atoms with Crippen LogP contribution in [0.5, 0.6) is 0 Å². The van der Waals surface area contributed by atoms with Gasteiger partial charge in [0.15, 0.2) is 0 Å². The molecule has 0 saturated heterocycles. The predicted molar refractivity (Wildman–Crippen MR) is 101 cm³/mol. The molecule has 0 atom stereocenters. The van der Waals surface area contributed by atoms with Crippen molar-refractivity contribution in [3.8, 4) is 0 Å². The van der Waals surface area contributed by atoms with Crippen LogP contribution in [-0.4, -0.2) is 35.5 Å². The molecule has 7 heteroatoms. The van der Waals surface area contributed by atoms with E-state index in [0.717, 1.165) is 21.8 Å². The van der Waals surface area contributed by atoms with Gasteiger partial charge in [0.25, 0.3) is 5.91 Å². The Labute approximate surface area is 149 Å². The van der Waals surface area contributed by atoms with Crippen LogP contribution < -0.4 is 16.0 Å². The molecular formula is C16H20IN5O. The molecule has 0 aliphatic heterocycles. The van der Waals surface area contributed by atoms with E-state index in [1.54, 1.807) is 0 Å². The average Bonchev–Trinajstić information content (AvgIpc) is 2.51. The van der Waals surface area contributed by atoms with Gasteiger partial charge in [-0.15, -0.1) is 0 Å². The van der Waals surface area contributed by atoms with Crippen LogP contribution in [-0.2, 0) is 0 Å². The van der Waals surface area contributed by atoms with Crippen molar-refractivity contribution in [1.82, 2.24) is 15.3 Å². The lowest BCUT2D eigenvalue weighted by Gasteiger charge is -2.10. The molecular weight excluding hydrogens is 405 g/mol. The molecule has 1 aromatic carbocycles. The van der Waals surface area contributed by atoms with Gasteiger partial charge in [-0.2, -0.15) is 0 Å². The van der Waals surface area contributed by atoms with E-state index < -0.39 is 0 Å². The molecule has 2 rings (SSSR count). The number of halogens is 1. The summed E-state index contributed by atoms with van der Waals surface area (Å²) in [4.78, 5) is 20.7. The van der Waals surface area contributed by atoms with Gasteiger partial charge in [0, 0.05) is 29.3 Å². The third kappa shape index (κ3) is 5.34. The minimum absolute atomic E-state index is 0.0657. The molecule has 6 nitrogen and oxygen atoms in total. The average molecular weight is 425 g/mol. The number of carbonyl (C=O) groups is 1. The molecule has 1 amide bonds. The van der Waals surface area contributed by atoms with Gasteiger partial charge in [0.1, 0.15) is 17.5 Å². The second kappa shape index (κ2) is 8.66. The van der Waals surface area contributed by atoms with Crippen LogP contribution in [0.3, 0.4) is 0 Å². The van der Waals surface area contributed by atoms with Crippen molar-refractivity contribution in [3.63, 3.8) is 0 Å². The van der Waals surface area contributed by atoms with Crippen molar-refractivity contribution >= 4 is 40.1 Å². The second-order valence-electron chi connectivity index (χ2n) is 4.88. The van der Waals surface area contributed by atoms with E-state index in [9.17, 15) is 4.79 Å². The van der Waals surface area contributed by atoms with Crippen molar-refractivity contribution < 1.29 is 4.79 Å². The molecule has 122 valence electrons. The number of aromatic nitrogens is 2. The van der Waals surface area contributed by atoms with Crippen LogP contribution in [0.1, 0.15) is 23.1 Å².